The van der Waals surface area contributed by atoms with Crippen LogP contribution in [-0.4, -0.2) is 25.5 Å². The molecule has 2 N–H and O–H groups in total. The smallest absolute Gasteiger partial charge is 0.255 e. The zero-order valence-electron chi connectivity index (χ0n) is 20.3. The molecule has 0 saturated heterocycles. The molecule has 6 rings (SSSR count). The van der Waals surface area contributed by atoms with Gasteiger partial charge in [0, 0.05) is 34.9 Å². The molecule has 0 aliphatic heterocycles. The van der Waals surface area contributed by atoms with Crippen LogP contribution in [-0.2, 0) is 0 Å². The van der Waals surface area contributed by atoms with Gasteiger partial charge < -0.3 is 10.6 Å². The molecule has 3 heterocycles. The summed E-state index contributed by atoms with van der Waals surface area (Å²) in [4.78, 5) is 21.7. The number of benzene rings is 3. The molecule has 9 heteroatoms. The van der Waals surface area contributed by atoms with Gasteiger partial charge in [0.05, 0.1) is 16.8 Å². The number of halogens is 2. The van der Waals surface area contributed by atoms with Crippen LogP contribution in [0.2, 0.25) is 0 Å². The second-order valence-electron chi connectivity index (χ2n) is 8.70. The topological polar surface area (TPSA) is 84.2 Å². The largest absolute Gasteiger partial charge is 0.324 e. The van der Waals surface area contributed by atoms with Crippen molar-refractivity contribution in [1.82, 2.24) is 19.6 Å². The minimum Gasteiger partial charge on any atom is -0.324 e. The normalized spacial score (nSPS) is 10.9. The summed E-state index contributed by atoms with van der Waals surface area (Å²) < 4.78 is 29.0. The van der Waals surface area contributed by atoms with E-state index in [0.29, 0.717) is 28.7 Å². The van der Waals surface area contributed by atoms with E-state index in [0.717, 1.165) is 16.6 Å². The monoisotopic (exact) mass is 518 g/mol. The molecule has 7 nitrogen and oxygen atoms in total. The van der Waals surface area contributed by atoms with Crippen LogP contribution in [0.5, 0.6) is 0 Å². The lowest BCUT2D eigenvalue weighted by Crippen LogP contribution is -2.12. The molecular weight excluding hydrogens is 498 g/mol. The summed E-state index contributed by atoms with van der Waals surface area (Å²) in [5.41, 5.74) is 4.82. The minimum absolute atomic E-state index is 0.216. The fraction of sp³-hybridized carbons (Fsp3) is 0. The summed E-state index contributed by atoms with van der Waals surface area (Å²) in [7, 11) is 0. The zero-order valence-corrected chi connectivity index (χ0v) is 20.3. The number of nitrogens with one attached hydrogen (secondary N) is 2. The first kappa shape index (κ1) is 23.9. The van der Waals surface area contributed by atoms with Gasteiger partial charge in [0.15, 0.2) is 0 Å². The number of hydrogen-bond donors (Lipinski definition) is 2. The molecule has 0 spiro atoms. The Balaban J connectivity index is 1.39. The minimum atomic E-state index is -0.484. The summed E-state index contributed by atoms with van der Waals surface area (Å²) in [5.74, 6) is -0.978. The molecule has 0 radical (unpaired) electrons. The lowest BCUT2D eigenvalue weighted by molar-refractivity contribution is 0.102. The van der Waals surface area contributed by atoms with Crippen molar-refractivity contribution in [2.75, 3.05) is 10.6 Å². The first-order chi connectivity index (χ1) is 19.0. The molecule has 6 aromatic rings. The van der Waals surface area contributed by atoms with Gasteiger partial charge in [-0.1, -0.05) is 30.3 Å². The van der Waals surface area contributed by atoms with E-state index in [4.69, 9.17) is 10.1 Å². The predicted molar refractivity (Wildman–Crippen MR) is 146 cm³/mol. The predicted octanol–water partition coefficient (Wildman–Crippen LogP) is 6.73. The Bertz CT molecular complexity index is 1830. The molecule has 1 amide bonds. The van der Waals surface area contributed by atoms with Crippen molar-refractivity contribution < 1.29 is 13.6 Å². The first-order valence-electron chi connectivity index (χ1n) is 12.0. The van der Waals surface area contributed by atoms with E-state index >= 15 is 0 Å². The maximum atomic E-state index is 13.7. The van der Waals surface area contributed by atoms with Crippen LogP contribution in [0.1, 0.15) is 10.4 Å². The highest BCUT2D eigenvalue weighted by Gasteiger charge is 2.19. The highest BCUT2D eigenvalue weighted by Crippen LogP contribution is 2.35. The van der Waals surface area contributed by atoms with Gasteiger partial charge in [-0.3, -0.25) is 4.79 Å². The van der Waals surface area contributed by atoms with Gasteiger partial charge in [-0.2, -0.15) is 5.10 Å². The molecule has 0 atom stereocenters. The Labute approximate surface area is 221 Å². The maximum absolute atomic E-state index is 13.7. The van der Waals surface area contributed by atoms with Crippen LogP contribution in [0.4, 0.5) is 26.1 Å². The molecule has 190 valence electrons. The van der Waals surface area contributed by atoms with Crippen LogP contribution >= 0.6 is 0 Å². The van der Waals surface area contributed by atoms with Crippen molar-refractivity contribution in [3.63, 3.8) is 0 Å². The number of carbonyl (C=O) groups is 1. The summed E-state index contributed by atoms with van der Waals surface area (Å²) in [6.45, 7) is 0. The SMILES string of the molecule is O=C(Nc1cccc(-c2nn3ccccc3c2-c2ccnc(Nc3cccc(F)c3)n2)c1)c1cccc(F)c1. The van der Waals surface area contributed by atoms with Crippen molar-refractivity contribution >= 4 is 28.7 Å². The molecule has 3 aromatic carbocycles. The average Bonchev–Trinajstić information content (AvgIpc) is 3.33. The molecule has 3 aromatic heterocycles. The van der Waals surface area contributed by atoms with Gasteiger partial charge in [-0.15, -0.1) is 0 Å². The molecular formula is C30H20F2N6O. The van der Waals surface area contributed by atoms with E-state index in [1.54, 1.807) is 53.2 Å². The van der Waals surface area contributed by atoms with E-state index in [1.165, 1.54) is 30.3 Å². The van der Waals surface area contributed by atoms with Crippen LogP contribution in [0.15, 0.2) is 109 Å². The molecule has 0 aliphatic rings. The number of pyridine rings is 1. The third kappa shape index (κ3) is 5.05. The molecule has 0 fully saturated rings. The van der Waals surface area contributed by atoms with E-state index in [2.05, 4.69) is 15.6 Å². The Hall–Kier alpha value is -5.44. The van der Waals surface area contributed by atoms with Crippen molar-refractivity contribution in [3.8, 4) is 22.5 Å². The average molecular weight is 519 g/mol. The molecule has 39 heavy (non-hydrogen) atoms. The standard InChI is InChI=1S/C30H20F2N6O/c31-21-8-3-7-20(16-21)29(39)34-23-10-4-6-19(17-23)28-27(26-12-1-2-15-38(26)37-28)25-13-14-33-30(36-25)35-24-11-5-9-22(32)18-24/h1-18H,(H,34,39)(H,33,35,36). The summed E-state index contributed by atoms with van der Waals surface area (Å²) in [5, 5.41) is 10.7. The first-order valence-corrected chi connectivity index (χ1v) is 12.0. The van der Waals surface area contributed by atoms with Crippen LogP contribution in [0.3, 0.4) is 0 Å². The lowest BCUT2D eigenvalue weighted by Gasteiger charge is -2.09. The number of aromatic nitrogens is 4. The van der Waals surface area contributed by atoms with Gasteiger partial charge in [-0.25, -0.2) is 23.3 Å². The fourth-order valence-corrected chi connectivity index (χ4v) is 4.28. The number of fused-ring (bicyclic) bond motifs is 1. The number of carbonyl (C=O) groups excluding carboxylic acids is 1. The zero-order chi connectivity index (χ0) is 26.8. The Morgan fingerprint density at radius 2 is 1.59 bits per heavy atom. The van der Waals surface area contributed by atoms with Gasteiger partial charge in [0.25, 0.3) is 5.91 Å². The quantitative estimate of drug-likeness (QED) is 0.255. The highest BCUT2D eigenvalue weighted by atomic mass is 19.1. The van der Waals surface area contributed by atoms with Gasteiger partial charge in [0.2, 0.25) is 5.95 Å². The van der Waals surface area contributed by atoms with Crippen molar-refractivity contribution in [2.45, 2.75) is 0 Å². The van der Waals surface area contributed by atoms with Crippen LogP contribution < -0.4 is 10.6 Å². The number of anilines is 3. The molecule has 0 unspecified atom stereocenters. The van der Waals surface area contributed by atoms with E-state index in [1.807, 2.05) is 30.5 Å². The Morgan fingerprint density at radius 1 is 0.795 bits per heavy atom. The second kappa shape index (κ2) is 10.1. The van der Waals surface area contributed by atoms with Crippen molar-refractivity contribution in [3.05, 3.63) is 127 Å². The number of nitrogens with zero attached hydrogens (tertiary/aromatic N) is 4. The molecule has 0 saturated carbocycles. The van der Waals surface area contributed by atoms with E-state index in [9.17, 15) is 13.6 Å². The van der Waals surface area contributed by atoms with Crippen molar-refractivity contribution in [2.24, 2.45) is 0 Å². The van der Waals surface area contributed by atoms with E-state index < -0.39 is 11.7 Å². The number of rotatable bonds is 6. The van der Waals surface area contributed by atoms with Crippen LogP contribution in [0, 0.1) is 11.6 Å². The van der Waals surface area contributed by atoms with Gasteiger partial charge in [0.1, 0.15) is 17.3 Å². The lowest BCUT2D eigenvalue weighted by atomic mass is 10.0. The number of hydrogen-bond acceptors (Lipinski definition) is 5. The summed E-state index contributed by atoms with van der Waals surface area (Å²) in [6, 6.07) is 26.3. The summed E-state index contributed by atoms with van der Waals surface area (Å²) >= 11 is 0. The fourth-order valence-electron chi connectivity index (χ4n) is 4.28. The molecule has 0 bridgehead atoms. The maximum Gasteiger partial charge on any atom is 0.255 e. The second-order valence-corrected chi connectivity index (χ2v) is 8.70. The van der Waals surface area contributed by atoms with Gasteiger partial charge in [-0.05, 0) is 66.7 Å². The summed E-state index contributed by atoms with van der Waals surface area (Å²) in [6.07, 6.45) is 3.46. The third-order valence-corrected chi connectivity index (χ3v) is 6.01. The Morgan fingerprint density at radius 3 is 2.44 bits per heavy atom. The number of amides is 1. The highest BCUT2D eigenvalue weighted by molar-refractivity contribution is 6.04. The molecule has 0 aliphatic carbocycles. The Kier molecular flexibility index (Phi) is 6.22. The third-order valence-electron chi connectivity index (χ3n) is 6.01. The van der Waals surface area contributed by atoms with Crippen LogP contribution in [0.25, 0.3) is 28.0 Å². The van der Waals surface area contributed by atoms with E-state index in [-0.39, 0.29) is 11.4 Å². The van der Waals surface area contributed by atoms with Crippen molar-refractivity contribution in [1.29, 1.82) is 0 Å². The van der Waals surface area contributed by atoms with Gasteiger partial charge >= 0.3 is 0 Å².